The summed E-state index contributed by atoms with van der Waals surface area (Å²) in [5, 5.41) is 16.4. The van der Waals surface area contributed by atoms with E-state index in [1.165, 1.54) is 0 Å². The summed E-state index contributed by atoms with van der Waals surface area (Å²) in [7, 11) is 0. The van der Waals surface area contributed by atoms with E-state index in [-0.39, 0.29) is 19.3 Å². The van der Waals surface area contributed by atoms with Crippen molar-refractivity contribution in [1.29, 1.82) is 0 Å². The van der Waals surface area contributed by atoms with Crippen molar-refractivity contribution in [1.82, 2.24) is 16.0 Å². The largest absolute Gasteiger partial charge is 0.480 e. The Morgan fingerprint density at radius 2 is 1.14 bits per heavy atom. The van der Waals surface area contributed by atoms with Crippen LogP contribution < -0.4 is 44.6 Å². The minimum atomic E-state index is -1.42. The molecule has 0 saturated carbocycles. The van der Waals surface area contributed by atoms with Gasteiger partial charge in [-0.2, -0.15) is 0 Å². The Morgan fingerprint density at radius 1 is 0.639 bits per heavy atom. The summed E-state index contributed by atoms with van der Waals surface area (Å²) in [5.74, 6) is -5.41. The normalized spacial score (nSPS) is 14.1. The second kappa shape index (κ2) is 18.0. The quantitative estimate of drug-likeness (QED) is 0.0712. The lowest BCUT2D eigenvalue weighted by molar-refractivity contribution is -0.142. The number of amides is 5. The molecule has 0 radical (unpaired) electrons. The third-order valence-corrected chi connectivity index (χ3v) is 5.22. The van der Waals surface area contributed by atoms with Crippen molar-refractivity contribution in [2.75, 3.05) is 13.1 Å². The van der Waals surface area contributed by atoms with Gasteiger partial charge in [0.25, 0.3) is 0 Å². The number of primary amides is 2. The van der Waals surface area contributed by atoms with Gasteiger partial charge < -0.3 is 49.7 Å². The first-order valence-corrected chi connectivity index (χ1v) is 11.8. The maximum Gasteiger partial charge on any atom is 0.326 e. The van der Waals surface area contributed by atoms with E-state index >= 15 is 0 Å². The number of rotatable bonds is 20. The first-order chi connectivity index (χ1) is 16.9. The van der Waals surface area contributed by atoms with Gasteiger partial charge in [-0.25, -0.2) is 4.79 Å². The number of nitrogens with two attached hydrogens (primary N) is 5. The van der Waals surface area contributed by atoms with Crippen molar-refractivity contribution in [3.63, 3.8) is 0 Å². The van der Waals surface area contributed by atoms with Crippen LogP contribution in [0.5, 0.6) is 0 Å². The van der Waals surface area contributed by atoms with Crippen LogP contribution >= 0.6 is 0 Å². The molecule has 0 aliphatic carbocycles. The van der Waals surface area contributed by atoms with Crippen molar-refractivity contribution >= 4 is 35.5 Å². The average molecular weight is 517 g/mol. The van der Waals surface area contributed by atoms with Gasteiger partial charge in [0.2, 0.25) is 29.5 Å². The zero-order valence-corrected chi connectivity index (χ0v) is 20.4. The van der Waals surface area contributed by atoms with E-state index in [0.717, 1.165) is 0 Å². The first-order valence-electron chi connectivity index (χ1n) is 11.8. The van der Waals surface area contributed by atoms with Gasteiger partial charge in [0, 0.05) is 6.42 Å². The standard InChI is InChI=1S/C21H40N8O7/c22-9-3-1-5-12(24)18(32)29-15(11-17(26)31)20(34)27-13(6-2-4-10-23)19(33)28-14(21(35)36)7-8-16(25)30/h12-15H,1-11,22-24H2,(H2,25,30)(H2,26,31)(H,27,34)(H,28,33)(H,29,32)(H,35,36). The molecule has 0 aliphatic rings. The Hall–Kier alpha value is -3.30. The zero-order chi connectivity index (χ0) is 27.7. The number of hydrogen-bond acceptors (Lipinski definition) is 9. The topological polar surface area (TPSA) is 289 Å². The summed E-state index contributed by atoms with van der Waals surface area (Å²) in [6.45, 7) is 0.751. The van der Waals surface area contributed by atoms with E-state index in [4.69, 9.17) is 28.7 Å². The molecule has 0 bridgehead atoms. The highest BCUT2D eigenvalue weighted by Gasteiger charge is 2.31. The molecule has 0 fully saturated rings. The van der Waals surface area contributed by atoms with Crippen molar-refractivity contribution in [2.45, 2.75) is 82.0 Å². The molecular formula is C21H40N8O7. The smallest absolute Gasteiger partial charge is 0.326 e. The Bertz CT molecular complexity index is 765. The minimum Gasteiger partial charge on any atom is -0.480 e. The number of carbonyl (C=O) groups excluding carboxylic acids is 5. The summed E-state index contributed by atoms with van der Waals surface area (Å²) >= 11 is 0. The highest BCUT2D eigenvalue weighted by Crippen LogP contribution is 2.06. The fraction of sp³-hybridized carbons (Fsp3) is 0.714. The molecule has 0 spiro atoms. The molecule has 206 valence electrons. The molecule has 14 N–H and O–H groups in total. The number of carboxylic acid groups (broad SMARTS) is 1. The second-order valence-electron chi connectivity index (χ2n) is 8.37. The second-order valence-corrected chi connectivity index (χ2v) is 8.37. The maximum absolute atomic E-state index is 12.9. The minimum absolute atomic E-state index is 0.0901. The van der Waals surface area contributed by atoms with E-state index in [1.54, 1.807) is 0 Å². The van der Waals surface area contributed by atoms with Crippen LogP contribution in [0, 0.1) is 0 Å². The maximum atomic E-state index is 12.9. The Kier molecular flexibility index (Phi) is 16.4. The molecule has 15 nitrogen and oxygen atoms in total. The third kappa shape index (κ3) is 14.2. The number of carboxylic acids is 1. The van der Waals surface area contributed by atoms with E-state index in [9.17, 15) is 33.9 Å². The zero-order valence-electron chi connectivity index (χ0n) is 20.4. The summed E-state index contributed by atoms with van der Waals surface area (Å²) in [4.78, 5) is 72.1. The molecule has 4 atom stereocenters. The highest BCUT2D eigenvalue weighted by molar-refractivity contribution is 5.96. The van der Waals surface area contributed by atoms with Gasteiger partial charge in [-0.15, -0.1) is 0 Å². The van der Waals surface area contributed by atoms with E-state index < -0.39 is 66.1 Å². The van der Waals surface area contributed by atoms with E-state index in [0.29, 0.717) is 45.2 Å². The van der Waals surface area contributed by atoms with Crippen molar-refractivity contribution < 1.29 is 33.9 Å². The van der Waals surface area contributed by atoms with Crippen molar-refractivity contribution in [3.05, 3.63) is 0 Å². The lowest BCUT2D eigenvalue weighted by Gasteiger charge is -2.25. The van der Waals surface area contributed by atoms with E-state index in [2.05, 4.69) is 16.0 Å². The van der Waals surface area contributed by atoms with E-state index in [1.807, 2.05) is 0 Å². The fourth-order valence-corrected chi connectivity index (χ4v) is 3.18. The monoisotopic (exact) mass is 516 g/mol. The van der Waals surface area contributed by atoms with Crippen LogP contribution in [0.2, 0.25) is 0 Å². The van der Waals surface area contributed by atoms with Gasteiger partial charge in [0.05, 0.1) is 12.5 Å². The molecule has 4 unspecified atom stereocenters. The number of carbonyl (C=O) groups is 6. The fourth-order valence-electron chi connectivity index (χ4n) is 3.18. The summed E-state index contributed by atoms with van der Waals surface area (Å²) in [5.41, 5.74) is 27.0. The lowest BCUT2D eigenvalue weighted by atomic mass is 10.0. The summed E-state index contributed by atoms with van der Waals surface area (Å²) in [6.07, 6.45) is 1.48. The molecule has 0 aromatic carbocycles. The highest BCUT2D eigenvalue weighted by atomic mass is 16.4. The molecule has 0 aromatic rings. The number of aliphatic carboxylic acids is 1. The summed E-state index contributed by atoms with van der Waals surface area (Å²) in [6, 6.07) is -5.01. The van der Waals surface area contributed by atoms with Gasteiger partial charge in [-0.3, -0.25) is 24.0 Å². The third-order valence-electron chi connectivity index (χ3n) is 5.22. The Morgan fingerprint density at radius 3 is 1.64 bits per heavy atom. The van der Waals surface area contributed by atoms with Crippen molar-refractivity contribution in [3.8, 4) is 0 Å². The molecule has 0 saturated heterocycles. The molecule has 0 heterocycles. The Labute approximate surface area is 209 Å². The molecular weight excluding hydrogens is 476 g/mol. The van der Waals surface area contributed by atoms with Gasteiger partial charge in [0.15, 0.2) is 0 Å². The average Bonchev–Trinajstić information content (AvgIpc) is 2.79. The van der Waals surface area contributed by atoms with Crippen LogP contribution in [0.25, 0.3) is 0 Å². The van der Waals surface area contributed by atoms with Gasteiger partial charge >= 0.3 is 5.97 Å². The molecule has 15 heteroatoms. The Balaban J connectivity index is 5.48. The lowest BCUT2D eigenvalue weighted by Crippen LogP contribution is -2.57. The van der Waals surface area contributed by atoms with Crippen LogP contribution in [0.1, 0.15) is 57.8 Å². The molecule has 0 aromatic heterocycles. The van der Waals surface area contributed by atoms with Crippen LogP contribution in [0.4, 0.5) is 0 Å². The van der Waals surface area contributed by atoms with Crippen LogP contribution in [-0.2, 0) is 28.8 Å². The van der Waals surface area contributed by atoms with Crippen molar-refractivity contribution in [2.24, 2.45) is 28.7 Å². The first kappa shape index (κ1) is 32.7. The number of unbranched alkanes of at least 4 members (excludes halogenated alkanes) is 2. The van der Waals surface area contributed by atoms with Crippen LogP contribution in [0.15, 0.2) is 0 Å². The molecule has 0 rings (SSSR count). The predicted molar refractivity (Wildman–Crippen MR) is 129 cm³/mol. The van der Waals surface area contributed by atoms with Gasteiger partial charge in [-0.1, -0.05) is 6.42 Å². The molecule has 0 aliphatic heterocycles. The number of nitrogens with one attached hydrogen (secondary N) is 3. The van der Waals surface area contributed by atoms with Gasteiger partial charge in [0.1, 0.15) is 18.1 Å². The van der Waals surface area contributed by atoms with Crippen LogP contribution in [-0.4, -0.2) is 77.9 Å². The molecule has 36 heavy (non-hydrogen) atoms. The van der Waals surface area contributed by atoms with Crippen LogP contribution in [0.3, 0.4) is 0 Å². The molecule has 5 amide bonds. The summed E-state index contributed by atoms with van der Waals surface area (Å²) < 4.78 is 0. The van der Waals surface area contributed by atoms with Gasteiger partial charge in [-0.05, 0) is 51.6 Å². The SMILES string of the molecule is NCCCCC(N)C(=O)NC(CC(N)=O)C(=O)NC(CCCCN)C(=O)NC(CCC(N)=O)C(=O)O. The predicted octanol–water partition coefficient (Wildman–Crippen LogP) is -3.75. The number of hydrogen-bond donors (Lipinski definition) is 9.